The lowest BCUT2D eigenvalue weighted by molar-refractivity contribution is 0.417. The quantitative estimate of drug-likeness (QED) is 0.719. The van der Waals surface area contributed by atoms with Crippen LogP contribution in [-0.4, -0.2) is 22.3 Å². The fraction of sp³-hybridized carbons (Fsp3) is 0.0588. The van der Waals surface area contributed by atoms with E-state index in [1.165, 1.54) is 6.20 Å². The largest absolute Gasteiger partial charge is 0.495 e. The van der Waals surface area contributed by atoms with Crippen molar-refractivity contribution in [2.75, 3.05) is 17.7 Å². The Kier molecular flexibility index (Phi) is 4.92. The highest BCUT2D eigenvalue weighted by Crippen LogP contribution is 2.30. The molecule has 0 fully saturated rings. The van der Waals surface area contributed by atoms with Gasteiger partial charge in [-0.2, -0.15) is 15.3 Å². The highest BCUT2D eigenvalue weighted by atomic mass is 35.5. The monoisotopic (exact) mass is 352 g/mol. The van der Waals surface area contributed by atoms with Crippen molar-refractivity contribution in [3.05, 3.63) is 59.2 Å². The molecule has 0 atom stereocenters. The van der Waals surface area contributed by atoms with E-state index in [2.05, 4.69) is 31.9 Å². The first-order valence-corrected chi connectivity index (χ1v) is 7.63. The molecule has 0 radical (unpaired) electrons. The molecule has 0 aliphatic carbocycles. The van der Waals surface area contributed by atoms with Gasteiger partial charge >= 0.3 is 0 Å². The summed E-state index contributed by atoms with van der Waals surface area (Å²) in [6.45, 7) is 0. The van der Waals surface area contributed by atoms with Gasteiger partial charge in [0.2, 0.25) is 5.95 Å². The molecule has 0 saturated heterocycles. The molecular weight excluding hydrogens is 340 g/mol. The maximum atomic E-state index is 8.95. The third-order valence-electron chi connectivity index (χ3n) is 3.23. The molecule has 7 nitrogen and oxygen atoms in total. The van der Waals surface area contributed by atoms with Crippen molar-refractivity contribution in [1.82, 2.24) is 15.2 Å². The summed E-state index contributed by atoms with van der Waals surface area (Å²) in [6, 6.07) is 14.3. The van der Waals surface area contributed by atoms with E-state index in [9.17, 15) is 0 Å². The third-order valence-corrected chi connectivity index (χ3v) is 3.47. The van der Waals surface area contributed by atoms with Crippen LogP contribution in [0.3, 0.4) is 0 Å². The van der Waals surface area contributed by atoms with E-state index in [1.54, 1.807) is 43.5 Å². The number of halogens is 1. The fourth-order valence-electron chi connectivity index (χ4n) is 2.13. The molecule has 3 aromatic rings. The van der Waals surface area contributed by atoms with E-state index in [-0.39, 0.29) is 0 Å². The standard InChI is InChI=1S/C17H13ClN6O/c1-25-15-6-5-12(18)8-14(15)22-16-10-20-24-17(23-16)21-13-4-2-3-11(7-13)9-19/h2-8,10H,1H3,(H2,21,22,23,24). The zero-order chi connectivity index (χ0) is 17.6. The number of ether oxygens (including phenoxy) is 1. The zero-order valence-electron chi connectivity index (χ0n) is 13.2. The van der Waals surface area contributed by atoms with Crippen LogP contribution in [0.2, 0.25) is 5.02 Å². The molecule has 2 N–H and O–H groups in total. The van der Waals surface area contributed by atoms with Crippen molar-refractivity contribution >= 4 is 34.7 Å². The van der Waals surface area contributed by atoms with Crippen LogP contribution in [0.25, 0.3) is 0 Å². The Morgan fingerprint density at radius 1 is 1.16 bits per heavy atom. The molecular formula is C17H13ClN6O. The van der Waals surface area contributed by atoms with Crippen LogP contribution < -0.4 is 15.4 Å². The number of nitrogens with one attached hydrogen (secondary N) is 2. The Morgan fingerprint density at radius 3 is 2.84 bits per heavy atom. The number of aromatic nitrogens is 3. The van der Waals surface area contributed by atoms with E-state index >= 15 is 0 Å². The summed E-state index contributed by atoms with van der Waals surface area (Å²) < 4.78 is 5.29. The Balaban J connectivity index is 1.82. The molecule has 0 aliphatic rings. The van der Waals surface area contributed by atoms with Gasteiger partial charge in [-0.1, -0.05) is 17.7 Å². The number of nitriles is 1. The Morgan fingerprint density at radius 2 is 2.04 bits per heavy atom. The summed E-state index contributed by atoms with van der Waals surface area (Å²) >= 11 is 6.02. The fourth-order valence-corrected chi connectivity index (χ4v) is 2.30. The van der Waals surface area contributed by atoms with Gasteiger partial charge in [0.05, 0.1) is 30.6 Å². The van der Waals surface area contributed by atoms with Crippen LogP contribution in [0.15, 0.2) is 48.7 Å². The summed E-state index contributed by atoms with van der Waals surface area (Å²) in [4.78, 5) is 4.35. The lowest BCUT2D eigenvalue weighted by Gasteiger charge is -2.11. The SMILES string of the molecule is COc1ccc(Cl)cc1Nc1cnnc(Nc2cccc(C#N)c2)n1. The van der Waals surface area contributed by atoms with E-state index in [1.807, 2.05) is 6.07 Å². The van der Waals surface area contributed by atoms with E-state index in [0.717, 1.165) is 0 Å². The number of rotatable bonds is 5. The second kappa shape index (κ2) is 7.47. The molecule has 1 aromatic heterocycles. The smallest absolute Gasteiger partial charge is 0.249 e. The number of methoxy groups -OCH3 is 1. The van der Waals surface area contributed by atoms with Gasteiger partial charge in [-0.15, -0.1) is 5.10 Å². The summed E-state index contributed by atoms with van der Waals surface area (Å²) in [5.41, 5.74) is 1.89. The molecule has 0 spiro atoms. The van der Waals surface area contributed by atoms with Gasteiger partial charge in [0.25, 0.3) is 0 Å². The van der Waals surface area contributed by atoms with Crippen LogP contribution in [0.5, 0.6) is 5.75 Å². The average molecular weight is 353 g/mol. The van der Waals surface area contributed by atoms with Gasteiger partial charge in [-0.25, -0.2) is 0 Å². The predicted octanol–water partition coefficient (Wildman–Crippen LogP) is 3.89. The topological polar surface area (TPSA) is 95.8 Å². The van der Waals surface area contributed by atoms with Crippen LogP contribution in [0, 0.1) is 11.3 Å². The number of hydrogen-bond donors (Lipinski definition) is 2. The normalized spacial score (nSPS) is 9.96. The minimum absolute atomic E-state index is 0.293. The summed E-state index contributed by atoms with van der Waals surface area (Å²) in [5, 5.41) is 23.5. The van der Waals surface area contributed by atoms with Gasteiger partial charge in [-0.05, 0) is 36.4 Å². The first-order chi connectivity index (χ1) is 12.2. The van der Waals surface area contributed by atoms with Crippen LogP contribution in [0.4, 0.5) is 23.1 Å². The van der Waals surface area contributed by atoms with Gasteiger partial charge in [0.1, 0.15) is 5.75 Å². The van der Waals surface area contributed by atoms with Crippen LogP contribution in [0.1, 0.15) is 5.56 Å². The van der Waals surface area contributed by atoms with Crippen molar-refractivity contribution in [2.45, 2.75) is 0 Å². The molecule has 3 rings (SSSR count). The highest BCUT2D eigenvalue weighted by Gasteiger charge is 2.07. The Labute approximate surface area is 149 Å². The molecule has 8 heteroatoms. The lowest BCUT2D eigenvalue weighted by Crippen LogP contribution is -2.03. The lowest BCUT2D eigenvalue weighted by atomic mass is 10.2. The van der Waals surface area contributed by atoms with E-state index in [0.29, 0.717) is 39.5 Å². The third kappa shape index (κ3) is 4.13. The van der Waals surface area contributed by atoms with Crippen molar-refractivity contribution in [3.63, 3.8) is 0 Å². The molecule has 0 unspecified atom stereocenters. The maximum Gasteiger partial charge on any atom is 0.249 e. The molecule has 25 heavy (non-hydrogen) atoms. The van der Waals surface area contributed by atoms with Crippen molar-refractivity contribution < 1.29 is 4.74 Å². The van der Waals surface area contributed by atoms with Crippen molar-refractivity contribution in [2.24, 2.45) is 0 Å². The molecule has 1 heterocycles. The van der Waals surface area contributed by atoms with Gasteiger partial charge in [0.15, 0.2) is 5.82 Å². The second-order valence-electron chi connectivity index (χ2n) is 4.95. The predicted molar refractivity (Wildman–Crippen MR) is 95.6 cm³/mol. The molecule has 0 saturated carbocycles. The van der Waals surface area contributed by atoms with Gasteiger partial charge < -0.3 is 15.4 Å². The molecule has 124 valence electrons. The van der Waals surface area contributed by atoms with Crippen molar-refractivity contribution in [1.29, 1.82) is 5.26 Å². The second-order valence-corrected chi connectivity index (χ2v) is 5.39. The van der Waals surface area contributed by atoms with Crippen LogP contribution in [-0.2, 0) is 0 Å². The number of hydrogen-bond acceptors (Lipinski definition) is 7. The molecule has 0 aliphatic heterocycles. The highest BCUT2D eigenvalue weighted by molar-refractivity contribution is 6.31. The maximum absolute atomic E-state index is 8.95. The van der Waals surface area contributed by atoms with Crippen molar-refractivity contribution in [3.8, 4) is 11.8 Å². The summed E-state index contributed by atoms with van der Waals surface area (Å²) in [5.74, 6) is 1.38. The summed E-state index contributed by atoms with van der Waals surface area (Å²) in [6.07, 6.45) is 1.48. The number of benzene rings is 2. The summed E-state index contributed by atoms with van der Waals surface area (Å²) in [7, 11) is 1.57. The average Bonchev–Trinajstić information content (AvgIpc) is 2.62. The first-order valence-electron chi connectivity index (χ1n) is 7.25. The van der Waals surface area contributed by atoms with E-state index < -0.39 is 0 Å². The molecule has 0 amide bonds. The van der Waals surface area contributed by atoms with Gasteiger partial charge in [0, 0.05) is 10.7 Å². The molecule has 0 bridgehead atoms. The number of anilines is 4. The Bertz CT molecular complexity index is 940. The van der Waals surface area contributed by atoms with Gasteiger partial charge in [-0.3, -0.25) is 0 Å². The zero-order valence-corrected chi connectivity index (χ0v) is 13.9. The number of nitrogens with zero attached hydrogens (tertiary/aromatic N) is 4. The minimum Gasteiger partial charge on any atom is -0.495 e. The molecule has 2 aromatic carbocycles. The minimum atomic E-state index is 0.293. The Hall–Kier alpha value is -3.37. The first kappa shape index (κ1) is 16.5. The van der Waals surface area contributed by atoms with Crippen LogP contribution >= 0.6 is 11.6 Å². The van der Waals surface area contributed by atoms with E-state index in [4.69, 9.17) is 21.6 Å².